The van der Waals surface area contributed by atoms with Crippen molar-refractivity contribution in [2.24, 2.45) is 0 Å². The fourth-order valence-corrected chi connectivity index (χ4v) is 3.12. The number of carbonyl (C=O) groups is 1. The lowest BCUT2D eigenvalue weighted by molar-refractivity contribution is -0.384. The first-order valence-corrected chi connectivity index (χ1v) is 8.31. The second-order valence-electron chi connectivity index (χ2n) is 5.54. The highest BCUT2D eigenvalue weighted by atomic mass is 35.5. The van der Waals surface area contributed by atoms with Gasteiger partial charge in [0.2, 0.25) is 0 Å². The molecular formula is C16H14Cl2N4O3. The number of piperazine rings is 1. The summed E-state index contributed by atoms with van der Waals surface area (Å²) in [6.45, 7) is 1.90. The van der Waals surface area contributed by atoms with Crippen LogP contribution >= 0.6 is 23.2 Å². The fraction of sp³-hybridized carbons (Fsp3) is 0.250. The van der Waals surface area contributed by atoms with Crippen molar-refractivity contribution < 1.29 is 9.72 Å². The van der Waals surface area contributed by atoms with E-state index in [1.54, 1.807) is 23.1 Å². The highest BCUT2D eigenvalue weighted by molar-refractivity contribution is 6.31. The van der Waals surface area contributed by atoms with Crippen LogP contribution in [0.3, 0.4) is 0 Å². The van der Waals surface area contributed by atoms with Crippen molar-refractivity contribution in [2.45, 2.75) is 0 Å². The number of nitrogens with zero attached hydrogens (tertiary/aromatic N) is 4. The second-order valence-corrected chi connectivity index (χ2v) is 6.36. The second kappa shape index (κ2) is 7.25. The number of hydrogen-bond acceptors (Lipinski definition) is 5. The number of aromatic nitrogens is 1. The largest absolute Gasteiger partial charge is 0.362 e. The van der Waals surface area contributed by atoms with Gasteiger partial charge in [-0.05, 0) is 24.3 Å². The number of anilines is 1. The van der Waals surface area contributed by atoms with E-state index in [0.717, 1.165) is 0 Å². The number of nitro groups is 1. The molecule has 1 aromatic carbocycles. The molecule has 1 fully saturated rings. The molecule has 1 aliphatic heterocycles. The molecule has 2 aromatic rings. The zero-order chi connectivity index (χ0) is 18.0. The van der Waals surface area contributed by atoms with Crippen molar-refractivity contribution in [1.82, 2.24) is 9.88 Å². The van der Waals surface area contributed by atoms with Crippen molar-refractivity contribution in [1.29, 1.82) is 0 Å². The van der Waals surface area contributed by atoms with Crippen molar-refractivity contribution >= 4 is 40.5 Å². The molecular weight excluding hydrogens is 367 g/mol. The average Bonchev–Trinajstić information content (AvgIpc) is 2.61. The summed E-state index contributed by atoms with van der Waals surface area (Å²) in [4.78, 5) is 30.8. The molecule has 0 spiro atoms. The van der Waals surface area contributed by atoms with Crippen LogP contribution in [0.2, 0.25) is 10.2 Å². The molecule has 2 heterocycles. The molecule has 0 unspecified atom stereocenters. The molecule has 1 amide bonds. The quantitative estimate of drug-likeness (QED) is 0.463. The van der Waals surface area contributed by atoms with Crippen LogP contribution in [0.25, 0.3) is 0 Å². The summed E-state index contributed by atoms with van der Waals surface area (Å²) in [5.41, 5.74) is 0.951. The number of pyridine rings is 1. The van der Waals surface area contributed by atoms with E-state index in [1.807, 2.05) is 4.90 Å². The molecule has 0 radical (unpaired) electrons. The van der Waals surface area contributed by atoms with Crippen LogP contribution in [0.5, 0.6) is 0 Å². The van der Waals surface area contributed by atoms with Gasteiger partial charge in [0.05, 0.1) is 4.92 Å². The van der Waals surface area contributed by atoms with E-state index < -0.39 is 4.92 Å². The van der Waals surface area contributed by atoms with Gasteiger partial charge >= 0.3 is 0 Å². The summed E-state index contributed by atoms with van der Waals surface area (Å²) >= 11 is 11.7. The van der Waals surface area contributed by atoms with E-state index in [2.05, 4.69) is 4.98 Å². The maximum Gasteiger partial charge on any atom is 0.294 e. The Kier molecular flexibility index (Phi) is 5.06. The van der Waals surface area contributed by atoms with Crippen LogP contribution < -0.4 is 4.90 Å². The summed E-state index contributed by atoms with van der Waals surface area (Å²) in [5, 5.41) is 11.8. The van der Waals surface area contributed by atoms with Crippen LogP contribution in [-0.4, -0.2) is 46.9 Å². The van der Waals surface area contributed by atoms with Gasteiger partial charge in [0.1, 0.15) is 10.8 Å². The Morgan fingerprint density at radius 2 is 1.84 bits per heavy atom. The molecule has 1 aliphatic rings. The molecule has 0 N–H and O–H groups in total. The topological polar surface area (TPSA) is 79.6 Å². The molecule has 130 valence electrons. The highest BCUT2D eigenvalue weighted by Crippen LogP contribution is 2.31. The van der Waals surface area contributed by atoms with E-state index >= 15 is 0 Å². The number of halogens is 2. The Bertz CT molecular complexity index is 823. The molecule has 7 nitrogen and oxygen atoms in total. The molecule has 0 aliphatic carbocycles. The zero-order valence-electron chi connectivity index (χ0n) is 13.1. The molecule has 0 saturated carbocycles. The molecule has 3 rings (SSSR count). The minimum Gasteiger partial charge on any atom is -0.362 e. The predicted molar refractivity (Wildman–Crippen MR) is 95.5 cm³/mol. The summed E-state index contributed by atoms with van der Waals surface area (Å²) in [7, 11) is 0. The first-order valence-electron chi connectivity index (χ1n) is 7.55. The Hall–Kier alpha value is -2.38. The van der Waals surface area contributed by atoms with E-state index in [9.17, 15) is 14.9 Å². The number of nitro benzene ring substituents is 1. The summed E-state index contributed by atoms with van der Waals surface area (Å²) in [6, 6.07) is 7.75. The number of carbonyl (C=O) groups excluding carboxylic acids is 1. The first-order chi connectivity index (χ1) is 12.0. The monoisotopic (exact) mass is 380 g/mol. The van der Waals surface area contributed by atoms with E-state index in [1.165, 1.54) is 18.3 Å². The minimum atomic E-state index is -0.447. The van der Waals surface area contributed by atoms with Crippen LogP contribution in [0.15, 0.2) is 36.5 Å². The van der Waals surface area contributed by atoms with Gasteiger partial charge in [0.15, 0.2) is 0 Å². The van der Waals surface area contributed by atoms with Crippen molar-refractivity contribution in [2.75, 3.05) is 31.1 Å². The highest BCUT2D eigenvalue weighted by Gasteiger charge is 2.26. The van der Waals surface area contributed by atoms with E-state index in [4.69, 9.17) is 23.2 Å². The summed E-state index contributed by atoms with van der Waals surface area (Å²) in [5.74, 6) is -0.130. The van der Waals surface area contributed by atoms with Gasteiger partial charge in [0.25, 0.3) is 11.6 Å². The van der Waals surface area contributed by atoms with Gasteiger partial charge in [0, 0.05) is 49.0 Å². The minimum absolute atomic E-state index is 0.0341. The number of hydrogen-bond donors (Lipinski definition) is 0. The third-order valence-electron chi connectivity index (χ3n) is 4.02. The SMILES string of the molecule is O=C(c1ccnc(Cl)c1)N1CCN(c2ccc(Cl)cc2[N+](=O)[O-])CC1. The Morgan fingerprint density at radius 3 is 2.48 bits per heavy atom. The number of amides is 1. The summed E-state index contributed by atoms with van der Waals surface area (Å²) < 4.78 is 0. The van der Waals surface area contributed by atoms with Crippen LogP contribution in [0.4, 0.5) is 11.4 Å². The van der Waals surface area contributed by atoms with Gasteiger partial charge in [-0.2, -0.15) is 0 Å². The van der Waals surface area contributed by atoms with Crippen LogP contribution in [-0.2, 0) is 0 Å². The predicted octanol–water partition coefficient (Wildman–Crippen LogP) is 3.26. The van der Waals surface area contributed by atoms with Crippen molar-refractivity contribution in [3.05, 3.63) is 62.4 Å². The Morgan fingerprint density at radius 1 is 1.12 bits per heavy atom. The van der Waals surface area contributed by atoms with Gasteiger partial charge < -0.3 is 9.80 Å². The fourth-order valence-electron chi connectivity index (χ4n) is 2.78. The third-order valence-corrected chi connectivity index (χ3v) is 4.46. The molecule has 9 heteroatoms. The van der Waals surface area contributed by atoms with Crippen molar-refractivity contribution in [3.8, 4) is 0 Å². The van der Waals surface area contributed by atoms with E-state index in [-0.39, 0.29) is 16.7 Å². The van der Waals surface area contributed by atoms with Crippen LogP contribution in [0.1, 0.15) is 10.4 Å². The van der Waals surface area contributed by atoms with E-state index in [0.29, 0.717) is 42.5 Å². The van der Waals surface area contributed by atoms with Gasteiger partial charge in [-0.1, -0.05) is 23.2 Å². The first kappa shape index (κ1) is 17.4. The molecule has 1 saturated heterocycles. The van der Waals surface area contributed by atoms with Gasteiger partial charge in [-0.25, -0.2) is 4.98 Å². The number of benzene rings is 1. The molecule has 0 atom stereocenters. The molecule has 0 bridgehead atoms. The van der Waals surface area contributed by atoms with Gasteiger partial charge in [-0.15, -0.1) is 0 Å². The molecule has 1 aromatic heterocycles. The van der Waals surface area contributed by atoms with Gasteiger partial charge in [-0.3, -0.25) is 14.9 Å². The Labute approximate surface area is 153 Å². The lowest BCUT2D eigenvalue weighted by atomic mass is 10.2. The maximum absolute atomic E-state index is 12.5. The molecule has 25 heavy (non-hydrogen) atoms. The summed E-state index contributed by atoms with van der Waals surface area (Å²) in [6.07, 6.45) is 1.49. The normalized spacial score (nSPS) is 14.5. The number of rotatable bonds is 3. The average molecular weight is 381 g/mol. The lowest BCUT2D eigenvalue weighted by Gasteiger charge is -2.35. The smallest absolute Gasteiger partial charge is 0.294 e. The third kappa shape index (κ3) is 3.83. The van der Waals surface area contributed by atoms with Crippen LogP contribution in [0, 0.1) is 10.1 Å². The van der Waals surface area contributed by atoms with Crippen molar-refractivity contribution in [3.63, 3.8) is 0 Å². The zero-order valence-corrected chi connectivity index (χ0v) is 14.6. The Balaban J connectivity index is 1.72. The maximum atomic E-state index is 12.5. The lowest BCUT2D eigenvalue weighted by Crippen LogP contribution is -2.49. The standard InChI is InChI=1S/C16H14Cl2N4O3/c17-12-1-2-13(14(10-12)22(24)25)20-5-7-21(8-6-20)16(23)11-3-4-19-15(18)9-11/h1-4,9-10H,5-8H2.